The summed E-state index contributed by atoms with van der Waals surface area (Å²) in [7, 11) is 0. The van der Waals surface area contributed by atoms with Crippen LogP contribution in [0.15, 0.2) is 33.3 Å². The predicted octanol–water partition coefficient (Wildman–Crippen LogP) is 1.88. The van der Waals surface area contributed by atoms with Gasteiger partial charge in [0.15, 0.2) is 0 Å². The van der Waals surface area contributed by atoms with Crippen molar-refractivity contribution in [2.24, 2.45) is 5.73 Å². The van der Waals surface area contributed by atoms with Gasteiger partial charge in [-0.2, -0.15) is 4.98 Å². The lowest BCUT2D eigenvalue weighted by atomic mass is 10.2. The summed E-state index contributed by atoms with van der Waals surface area (Å²) < 4.78 is 5.93. The molecule has 0 saturated heterocycles. The van der Waals surface area contributed by atoms with Crippen LogP contribution in [0.3, 0.4) is 0 Å². The van der Waals surface area contributed by atoms with Gasteiger partial charge in [-0.25, -0.2) is 0 Å². The lowest BCUT2D eigenvalue weighted by Gasteiger charge is -2.01. The molecule has 1 heterocycles. The predicted molar refractivity (Wildman–Crippen MR) is 66.1 cm³/mol. The first-order chi connectivity index (χ1) is 8.20. The molecule has 0 saturated carbocycles. The lowest BCUT2D eigenvalue weighted by molar-refractivity contribution is 0.127. The third-order valence-electron chi connectivity index (χ3n) is 2.25. The minimum atomic E-state index is -0.798. The van der Waals surface area contributed by atoms with E-state index >= 15 is 0 Å². The molecule has 2 aromatic rings. The van der Waals surface area contributed by atoms with Crippen molar-refractivity contribution in [3.8, 4) is 11.4 Å². The van der Waals surface area contributed by atoms with E-state index < -0.39 is 6.10 Å². The number of aliphatic hydroxyl groups is 1. The summed E-state index contributed by atoms with van der Waals surface area (Å²) in [4.78, 5) is 4.14. The number of nitrogens with zero attached hydrogens (tertiary/aromatic N) is 2. The Labute approximate surface area is 107 Å². The molecule has 1 atom stereocenters. The van der Waals surface area contributed by atoms with E-state index in [-0.39, 0.29) is 5.89 Å². The Morgan fingerprint density at radius 2 is 2.29 bits per heavy atom. The van der Waals surface area contributed by atoms with Gasteiger partial charge in [0, 0.05) is 10.0 Å². The molecule has 90 valence electrons. The van der Waals surface area contributed by atoms with Gasteiger partial charge in [0.25, 0.3) is 5.89 Å². The van der Waals surface area contributed by atoms with E-state index in [1.165, 1.54) is 0 Å². The van der Waals surface area contributed by atoms with Crippen LogP contribution in [0.25, 0.3) is 11.4 Å². The maximum absolute atomic E-state index is 9.65. The molecule has 0 fully saturated rings. The number of nitrogens with two attached hydrogens (primary N) is 1. The quantitative estimate of drug-likeness (QED) is 0.900. The molecular formula is C11H12BrN3O2. The van der Waals surface area contributed by atoms with Gasteiger partial charge in [0.2, 0.25) is 5.82 Å². The second kappa shape index (κ2) is 5.39. The SMILES string of the molecule is NCC[C@H](O)c1nc(-c2cccc(Br)c2)no1. The zero-order valence-electron chi connectivity index (χ0n) is 9.01. The number of rotatable bonds is 4. The molecule has 17 heavy (non-hydrogen) atoms. The minimum absolute atomic E-state index is 0.199. The molecule has 0 bridgehead atoms. The van der Waals surface area contributed by atoms with E-state index in [1.807, 2.05) is 24.3 Å². The van der Waals surface area contributed by atoms with Crippen LogP contribution in [-0.4, -0.2) is 21.8 Å². The normalized spacial score (nSPS) is 12.6. The molecule has 2 rings (SSSR count). The summed E-state index contributed by atoms with van der Waals surface area (Å²) in [5, 5.41) is 13.5. The molecule has 0 aliphatic carbocycles. The van der Waals surface area contributed by atoms with Crippen LogP contribution in [0.5, 0.6) is 0 Å². The van der Waals surface area contributed by atoms with Crippen LogP contribution in [-0.2, 0) is 0 Å². The fourth-order valence-corrected chi connectivity index (χ4v) is 1.80. The van der Waals surface area contributed by atoms with Crippen LogP contribution in [0.1, 0.15) is 18.4 Å². The summed E-state index contributed by atoms with van der Waals surface area (Å²) in [6, 6.07) is 7.54. The molecule has 0 amide bonds. The number of halogens is 1. The number of benzene rings is 1. The number of aliphatic hydroxyl groups excluding tert-OH is 1. The van der Waals surface area contributed by atoms with Crippen LogP contribution < -0.4 is 5.73 Å². The molecule has 0 spiro atoms. The van der Waals surface area contributed by atoms with Gasteiger partial charge in [0.05, 0.1) is 0 Å². The average Bonchev–Trinajstić information content (AvgIpc) is 2.78. The van der Waals surface area contributed by atoms with Crippen molar-refractivity contribution in [3.05, 3.63) is 34.6 Å². The van der Waals surface area contributed by atoms with Crippen LogP contribution in [0.4, 0.5) is 0 Å². The lowest BCUT2D eigenvalue weighted by Crippen LogP contribution is -2.06. The molecule has 3 N–H and O–H groups in total. The van der Waals surface area contributed by atoms with Crippen LogP contribution >= 0.6 is 15.9 Å². The first kappa shape index (κ1) is 12.2. The Morgan fingerprint density at radius 3 is 3.00 bits per heavy atom. The molecule has 6 heteroatoms. The maximum atomic E-state index is 9.65. The number of hydrogen-bond acceptors (Lipinski definition) is 5. The van der Waals surface area contributed by atoms with E-state index in [9.17, 15) is 5.11 Å². The van der Waals surface area contributed by atoms with Gasteiger partial charge in [0.1, 0.15) is 6.10 Å². The molecular weight excluding hydrogens is 286 g/mol. The van der Waals surface area contributed by atoms with Crippen molar-refractivity contribution in [2.45, 2.75) is 12.5 Å². The average molecular weight is 298 g/mol. The molecule has 0 unspecified atom stereocenters. The Balaban J connectivity index is 2.23. The minimum Gasteiger partial charge on any atom is -0.383 e. The summed E-state index contributed by atoms with van der Waals surface area (Å²) in [5.41, 5.74) is 6.18. The van der Waals surface area contributed by atoms with Gasteiger partial charge in [-0.15, -0.1) is 0 Å². The highest BCUT2D eigenvalue weighted by Gasteiger charge is 2.16. The monoisotopic (exact) mass is 297 g/mol. The van der Waals surface area contributed by atoms with E-state index in [2.05, 4.69) is 26.1 Å². The summed E-state index contributed by atoms with van der Waals surface area (Å²) in [6.07, 6.45) is -0.395. The first-order valence-corrected chi connectivity index (χ1v) is 5.97. The Bertz CT molecular complexity index is 501. The largest absolute Gasteiger partial charge is 0.383 e. The van der Waals surface area contributed by atoms with Crippen molar-refractivity contribution in [1.29, 1.82) is 0 Å². The summed E-state index contributed by atoms with van der Waals surface area (Å²) in [5.74, 6) is 0.655. The zero-order chi connectivity index (χ0) is 12.3. The number of hydrogen-bond donors (Lipinski definition) is 2. The maximum Gasteiger partial charge on any atom is 0.255 e. The smallest absolute Gasteiger partial charge is 0.255 e. The van der Waals surface area contributed by atoms with Crippen LogP contribution in [0.2, 0.25) is 0 Å². The van der Waals surface area contributed by atoms with Crippen molar-refractivity contribution >= 4 is 15.9 Å². The van der Waals surface area contributed by atoms with E-state index in [1.54, 1.807) is 0 Å². The highest BCUT2D eigenvalue weighted by atomic mass is 79.9. The van der Waals surface area contributed by atoms with Gasteiger partial charge in [-0.05, 0) is 25.1 Å². The van der Waals surface area contributed by atoms with Crippen molar-refractivity contribution in [3.63, 3.8) is 0 Å². The van der Waals surface area contributed by atoms with E-state index in [0.29, 0.717) is 18.8 Å². The molecule has 5 nitrogen and oxygen atoms in total. The molecule has 0 aliphatic rings. The van der Waals surface area contributed by atoms with E-state index in [0.717, 1.165) is 10.0 Å². The molecule has 0 aliphatic heterocycles. The highest BCUT2D eigenvalue weighted by molar-refractivity contribution is 9.10. The molecule has 1 aromatic carbocycles. The topological polar surface area (TPSA) is 85.2 Å². The van der Waals surface area contributed by atoms with Gasteiger partial charge < -0.3 is 15.4 Å². The van der Waals surface area contributed by atoms with Gasteiger partial charge in [-0.1, -0.05) is 33.2 Å². The first-order valence-electron chi connectivity index (χ1n) is 5.18. The zero-order valence-corrected chi connectivity index (χ0v) is 10.6. The van der Waals surface area contributed by atoms with Gasteiger partial charge in [-0.3, -0.25) is 0 Å². The van der Waals surface area contributed by atoms with Gasteiger partial charge >= 0.3 is 0 Å². The van der Waals surface area contributed by atoms with Crippen molar-refractivity contribution in [2.75, 3.05) is 6.54 Å². The third-order valence-corrected chi connectivity index (χ3v) is 2.74. The second-order valence-electron chi connectivity index (χ2n) is 3.56. The Morgan fingerprint density at radius 1 is 1.47 bits per heavy atom. The van der Waals surface area contributed by atoms with E-state index in [4.69, 9.17) is 10.3 Å². The van der Waals surface area contributed by atoms with Crippen molar-refractivity contribution < 1.29 is 9.63 Å². The third kappa shape index (κ3) is 2.91. The molecule has 0 radical (unpaired) electrons. The fourth-order valence-electron chi connectivity index (χ4n) is 1.40. The molecule has 1 aromatic heterocycles. The second-order valence-corrected chi connectivity index (χ2v) is 4.48. The number of aromatic nitrogens is 2. The fraction of sp³-hybridized carbons (Fsp3) is 0.273. The van der Waals surface area contributed by atoms with Crippen LogP contribution in [0, 0.1) is 0 Å². The Hall–Kier alpha value is -1.24. The summed E-state index contributed by atoms with van der Waals surface area (Å²) in [6.45, 7) is 0.371. The highest BCUT2D eigenvalue weighted by Crippen LogP contribution is 2.22. The summed E-state index contributed by atoms with van der Waals surface area (Å²) >= 11 is 3.37. The van der Waals surface area contributed by atoms with Crippen molar-refractivity contribution in [1.82, 2.24) is 10.1 Å². The standard InChI is InChI=1S/C11H12BrN3O2/c12-8-3-1-2-7(6-8)10-14-11(17-15-10)9(16)4-5-13/h1-3,6,9,16H,4-5,13H2/t9-/m0/s1. The Kier molecular flexibility index (Phi) is 3.88.